The zero-order chi connectivity index (χ0) is 20.4. The van der Waals surface area contributed by atoms with Gasteiger partial charge < -0.3 is 15.1 Å². The Bertz CT molecular complexity index is 1530. The summed E-state index contributed by atoms with van der Waals surface area (Å²) in [5.41, 5.74) is 7.60. The highest BCUT2D eigenvalue weighted by Crippen LogP contribution is 2.43. The number of nitrogens with zero attached hydrogens (tertiary/aromatic N) is 1. The minimum atomic E-state index is -0.165. The highest BCUT2D eigenvalue weighted by Gasteiger charge is 2.31. The Morgan fingerprint density at radius 1 is 1.10 bits per heavy atom. The molecule has 148 valence electrons. The standard InChI is InChI=1S/C23H18N4O3/c1-30-25-11-17(28)27-16-9-5-3-7-13(16)19-20-14(10-24-23(20)29)18-12-6-2-4-8-15(12)26-21(18)22(19)27/h2-9,25-26H,10-11H2,1H3,(H,24,29). The summed E-state index contributed by atoms with van der Waals surface area (Å²) in [7, 11) is 1.48. The molecule has 0 saturated heterocycles. The summed E-state index contributed by atoms with van der Waals surface area (Å²) in [5.74, 6) is -0.270. The van der Waals surface area contributed by atoms with E-state index in [9.17, 15) is 9.59 Å². The van der Waals surface area contributed by atoms with Crippen molar-refractivity contribution in [2.75, 3.05) is 13.7 Å². The highest BCUT2D eigenvalue weighted by molar-refractivity contribution is 6.32. The predicted molar refractivity (Wildman–Crippen MR) is 116 cm³/mol. The Morgan fingerprint density at radius 3 is 2.70 bits per heavy atom. The van der Waals surface area contributed by atoms with Crippen molar-refractivity contribution in [1.29, 1.82) is 0 Å². The molecule has 0 atom stereocenters. The van der Waals surface area contributed by atoms with E-state index >= 15 is 0 Å². The number of carbonyl (C=O) groups excluding carboxylic acids is 2. The molecule has 1 aliphatic heterocycles. The van der Waals surface area contributed by atoms with E-state index in [-0.39, 0.29) is 18.4 Å². The molecule has 3 aromatic carbocycles. The lowest BCUT2D eigenvalue weighted by molar-refractivity contribution is 0.0682. The van der Waals surface area contributed by atoms with Crippen molar-refractivity contribution >= 4 is 55.4 Å². The fourth-order valence-electron chi connectivity index (χ4n) is 4.80. The Kier molecular flexibility index (Phi) is 3.53. The van der Waals surface area contributed by atoms with Gasteiger partial charge in [0.2, 0.25) is 5.91 Å². The summed E-state index contributed by atoms with van der Waals surface area (Å²) in [6, 6.07) is 15.7. The van der Waals surface area contributed by atoms with Gasteiger partial charge in [0, 0.05) is 33.6 Å². The zero-order valence-electron chi connectivity index (χ0n) is 16.2. The second-order valence-corrected chi connectivity index (χ2v) is 7.45. The van der Waals surface area contributed by atoms with Crippen LogP contribution in [0.2, 0.25) is 0 Å². The first-order chi connectivity index (χ1) is 14.7. The number of nitrogens with one attached hydrogen (secondary N) is 3. The van der Waals surface area contributed by atoms with Crippen molar-refractivity contribution in [3.63, 3.8) is 0 Å². The van der Waals surface area contributed by atoms with Crippen LogP contribution in [0.1, 0.15) is 20.7 Å². The summed E-state index contributed by atoms with van der Waals surface area (Å²) >= 11 is 0. The molecule has 1 amide bonds. The van der Waals surface area contributed by atoms with Crippen molar-refractivity contribution in [2.24, 2.45) is 0 Å². The average Bonchev–Trinajstić information content (AvgIpc) is 3.43. The third kappa shape index (κ3) is 2.10. The Hall–Kier alpha value is -3.68. The van der Waals surface area contributed by atoms with Crippen LogP contribution in [0.15, 0.2) is 48.5 Å². The van der Waals surface area contributed by atoms with Crippen LogP contribution in [0, 0.1) is 0 Å². The van der Waals surface area contributed by atoms with Gasteiger partial charge >= 0.3 is 0 Å². The fraction of sp³-hybridized carbons (Fsp3) is 0.130. The molecule has 0 aliphatic carbocycles. The monoisotopic (exact) mass is 398 g/mol. The van der Waals surface area contributed by atoms with Crippen molar-refractivity contribution in [2.45, 2.75) is 6.54 Å². The van der Waals surface area contributed by atoms with E-state index in [4.69, 9.17) is 4.84 Å². The van der Waals surface area contributed by atoms with Crippen LogP contribution in [0.5, 0.6) is 0 Å². The quantitative estimate of drug-likeness (QED) is 0.406. The molecule has 7 heteroatoms. The molecule has 0 saturated carbocycles. The van der Waals surface area contributed by atoms with Gasteiger partial charge in [0.15, 0.2) is 0 Å². The molecule has 30 heavy (non-hydrogen) atoms. The Morgan fingerprint density at radius 2 is 1.87 bits per heavy atom. The number of rotatable bonds is 3. The first-order valence-corrected chi connectivity index (χ1v) is 9.76. The molecular formula is C23H18N4O3. The van der Waals surface area contributed by atoms with Gasteiger partial charge in [-0.05, 0) is 17.7 Å². The van der Waals surface area contributed by atoms with E-state index in [1.165, 1.54) is 7.11 Å². The van der Waals surface area contributed by atoms with Gasteiger partial charge in [-0.1, -0.05) is 36.4 Å². The maximum Gasteiger partial charge on any atom is 0.252 e. The second kappa shape index (κ2) is 6.16. The lowest BCUT2D eigenvalue weighted by Crippen LogP contribution is -2.26. The van der Waals surface area contributed by atoms with Crippen LogP contribution in [0.25, 0.3) is 43.6 Å². The van der Waals surface area contributed by atoms with E-state index in [0.29, 0.717) is 12.1 Å². The van der Waals surface area contributed by atoms with Crippen LogP contribution < -0.4 is 10.8 Å². The molecule has 5 aromatic rings. The van der Waals surface area contributed by atoms with Crippen molar-refractivity contribution in [1.82, 2.24) is 20.3 Å². The topological polar surface area (TPSA) is 88.2 Å². The molecule has 0 unspecified atom stereocenters. The van der Waals surface area contributed by atoms with Crippen LogP contribution >= 0.6 is 0 Å². The van der Waals surface area contributed by atoms with Gasteiger partial charge in [-0.2, -0.15) is 5.48 Å². The minimum absolute atomic E-state index is 0.00920. The van der Waals surface area contributed by atoms with Crippen molar-refractivity contribution in [3.05, 3.63) is 59.7 Å². The first-order valence-electron chi connectivity index (χ1n) is 9.76. The molecule has 1 aliphatic rings. The second-order valence-electron chi connectivity index (χ2n) is 7.45. The van der Waals surface area contributed by atoms with Gasteiger partial charge in [-0.15, -0.1) is 0 Å². The summed E-state index contributed by atoms with van der Waals surface area (Å²) in [6.45, 7) is 0.483. The molecule has 0 fully saturated rings. The van der Waals surface area contributed by atoms with E-state index in [2.05, 4.69) is 15.8 Å². The lowest BCUT2D eigenvalue weighted by Gasteiger charge is -2.09. The molecule has 7 nitrogen and oxygen atoms in total. The van der Waals surface area contributed by atoms with Gasteiger partial charge in [-0.3, -0.25) is 14.2 Å². The first kappa shape index (κ1) is 17.2. The third-order valence-electron chi connectivity index (χ3n) is 5.94. The molecule has 0 spiro atoms. The normalized spacial score (nSPS) is 13.6. The maximum absolute atomic E-state index is 13.2. The third-order valence-corrected chi connectivity index (χ3v) is 5.94. The summed E-state index contributed by atoms with van der Waals surface area (Å²) in [4.78, 5) is 34.6. The number of H-pyrrole nitrogens is 1. The molecular weight excluding hydrogens is 380 g/mol. The number of benzene rings is 3. The number of carbonyl (C=O) groups is 2. The smallest absolute Gasteiger partial charge is 0.252 e. The van der Waals surface area contributed by atoms with Crippen molar-refractivity contribution < 1.29 is 14.4 Å². The summed E-state index contributed by atoms with van der Waals surface area (Å²) in [6.07, 6.45) is 0. The SMILES string of the molecule is CONCC(=O)n1c2ccccc2c2c3c(c4c5ccccc5[nH]c4c21)CNC3=O. The van der Waals surface area contributed by atoms with Crippen LogP contribution in [-0.4, -0.2) is 35.0 Å². The number of hydrogen-bond acceptors (Lipinski definition) is 4. The Labute approximate surface area is 170 Å². The number of hydroxylamine groups is 1. The van der Waals surface area contributed by atoms with E-state index in [1.54, 1.807) is 4.57 Å². The van der Waals surface area contributed by atoms with Gasteiger partial charge in [-0.25, -0.2) is 0 Å². The molecule has 2 aromatic heterocycles. The van der Waals surface area contributed by atoms with Crippen molar-refractivity contribution in [3.8, 4) is 0 Å². The molecule has 3 N–H and O–H groups in total. The van der Waals surface area contributed by atoms with E-state index in [0.717, 1.165) is 49.2 Å². The number of aromatic amines is 1. The van der Waals surface area contributed by atoms with Gasteiger partial charge in [0.1, 0.15) is 6.54 Å². The number of hydrogen-bond donors (Lipinski definition) is 3. The average molecular weight is 398 g/mol. The number of aromatic nitrogens is 2. The summed E-state index contributed by atoms with van der Waals surface area (Å²) in [5, 5.41) is 6.70. The fourth-order valence-corrected chi connectivity index (χ4v) is 4.80. The summed E-state index contributed by atoms with van der Waals surface area (Å²) < 4.78 is 1.69. The minimum Gasteiger partial charge on any atom is -0.353 e. The molecule has 0 bridgehead atoms. The molecule has 0 radical (unpaired) electrons. The zero-order valence-corrected chi connectivity index (χ0v) is 16.2. The number of amides is 1. The van der Waals surface area contributed by atoms with Gasteiger partial charge in [0.25, 0.3) is 5.91 Å². The van der Waals surface area contributed by atoms with Crippen LogP contribution in [0.3, 0.4) is 0 Å². The predicted octanol–water partition coefficient (Wildman–Crippen LogP) is 3.46. The Balaban J connectivity index is 1.90. The number of fused-ring (bicyclic) bond motifs is 10. The van der Waals surface area contributed by atoms with E-state index in [1.807, 2.05) is 48.5 Å². The molecule has 3 heterocycles. The maximum atomic E-state index is 13.2. The number of para-hydroxylation sites is 2. The van der Waals surface area contributed by atoms with Gasteiger partial charge in [0.05, 0.1) is 29.2 Å². The molecule has 6 rings (SSSR count). The van der Waals surface area contributed by atoms with Crippen LogP contribution in [-0.2, 0) is 11.4 Å². The van der Waals surface area contributed by atoms with Crippen LogP contribution in [0.4, 0.5) is 0 Å². The largest absolute Gasteiger partial charge is 0.353 e. The lowest BCUT2D eigenvalue weighted by atomic mass is 9.97. The highest BCUT2D eigenvalue weighted by atomic mass is 16.6. The van der Waals surface area contributed by atoms with E-state index < -0.39 is 0 Å².